The van der Waals surface area contributed by atoms with Crippen molar-refractivity contribution in [1.29, 1.82) is 0 Å². The number of aryl methyl sites for hydroxylation is 2. The zero-order valence-electron chi connectivity index (χ0n) is 18.3. The standard InChI is InChI=1S/C28H34F2/c1-3-7-21-11-13-23(14-12-21)9-5-6-10-25-19-20-26(28(30)27(25)29)24-17-15-22(8-4-2)16-18-24/h3,5,7,9,15-21,23H,4,6,8,10-14H2,1-2H3/b7-3+,9-5+. The summed E-state index contributed by atoms with van der Waals surface area (Å²) in [7, 11) is 0. The zero-order valence-corrected chi connectivity index (χ0v) is 18.3. The smallest absolute Gasteiger partial charge is 0.166 e. The van der Waals surface area contributed by atoms with Crippen molar-refractivity contribution in [2.75, 3.05) is 0 Å². The molecule has 0 unspecified atom stereocenters. The molecule has 30 heavy (non-hydrogen) atoms. The Kier molecular flexibility index (Phi) is 8.42. The Morgan fingerprint density at radius 3 is 2.13 bits per heavy atom. The number of benzene rings is 2. The molecule has 2 aromatic rings. The van der Waals surface area contributed by atoms with Crippen LogP contribution in [0, 0.1) is 23.5 Å². The summed E-state index contributed by atoms with van der Waals surface area (Å²) in [5.74, 6) is -0.0725. The lowest BCUT2D eigenvalue weighted by Crippen LogP contribution is -2.11. The van der Waals surface area contributed by atoms with Gasteiger partial charge in [0.15, 0.2) is 11.6 Å². The van der Waals surface area contributed by atoms with Crippen molar-refractivity contribution in [3.05, 3.63) is 83.5 Å². The largest absolute Gasteiger partial charge is 0.203 e. The second-order valence-electron chi connectivity index (χ2n) is 8.51. The van der Waals surface area contributed by atoms with E-state index in [0.29, 0.717) is 23.5 Å². The van der Waals surface area contributed by atoms with Crippen molar-refractivity contribution >= 4 is 0 Å². The van der Waals surface area contributed by atoms with E-state index < -0.39 is 11.6 Å². The van der Waals surface area contributed by atoms with Gasteiger partial charge in [0, 0.05) is 5.56 Å². The average Bonchev–Trinajstić information content (AvgIpc) is 2.76. The van der Waals surface area contributed by atoms with Gasteiger partial charge < -0.3 is 0 Å². The van der Waals surface area contributed by atoms with E-state index in [1.165, 1.54) is 31.2 Å². The molecule has 1 saturated carbocycles. The van der Waals surface area contributed by atoms with E-state index in [0.717, 1.165) is 30.7 Å². The van der Waals surface area contributed by atoms with Crippen LogP contribution in [0.1, 0.15) is 63.5 Å². The lowest BCUT2D eigenvalue weighted by atomic mass is 9.81. The summed E-state index contributed by atoms with van der Waals surface area (Å²) >= 11 is 0. The van der Waals surface area contributed by atoms with Crippen LogP contribution in [-0.4, -0.2) is 0 Å². The summed E-state index contributed by atoms with van der Waals surface area (Å²) in [5, 5.41) is 0. The van der Waals surface area contributed by atoms with E-state index in [4.69, 9.17) is 0 Å². The summed E-state index contributed by atoms with van der Waals surface area (Å²) in [5.41, 5.74) is 2.75. The third-order valence-corrected chi connectivity index (χ3v) is 6.24. The van der Waals surface area contributed by atoms with Crippen LogP contribution < -0.4 is 0 Å². The van der Waals surface area contributed by atoms with Crippen LogP contribution in [0.4, 0.5) is 8.78 Å². The third kappa shape index (κ3) is 5.90. The highest BCUT2D eigenvalue weighted by Gasteiger charge is 2.17. The molecule has 0 spiro atoms. The molecule has 2 heteroatoms. The second kappa shape index (κ2) is 11.2. The van der Waals surface area contributed by atoms with Gasteiger partial charge in [0.25, 0.3) is 0 Å². The molecule has 0 radical (unpaired) electrons. The molecule has 0 aliphatic heterocycles. The predicted molar refractivity (Wildman–Crippen MR) is 124 cm³/mol. The summed E-state index contributed by atoms with van der Waals surface area (Å²) < 4.78 is 29.3. The predicted octanol–water partition coefficient (Wildman–Crippen LogP) is 8.46. The maximum Gasteiger partial charge on any atom is 0.166 e. The molecule has 160 valence electrons. The maximum atomic E-state index is 14.7. The number of hydrogen-bond donors (Lipinski definition) is 0. The summed E-state index contributed by atoms with van der Waals surface area (Å²) in [6, 6.07) is 11.2. The van der Waals surface area contributed by atoms with Crippen LogP contribution in [0.15, 0.2) is 60.7 Å². The first-order chi connectivity index (χ1) is 14.6. The highest BCUT2D eigenvalue weighted by atomic mass is 19.2. The summed E-state index contributed by atoms with van der Waals surface area (Å²) in [4.78, 5) is 0. The van der Waals surface area contributed by atoms with Gasteiger partial charge in [-0.3, -0.25) is 0 Å². The fourth-order valence-corrected chi connectivity index (χ4v) is 4.47. The Bertz CT molecular complexity index is 853. The molecule has 0 bridgehead atoms. The van der Waals surface area contributed by atoms with E-state index in [-0.39, 0.29) is 0 Å². The van der Waals surface area contributed by atoms with Crippen molar-refractivity contribution in [3.8, 4) is 11.1 Å². The van der Waals surface area contributed by atoms with Crippen LogP contribution in [0.25, 0.3) is 11.1 Å². The molecule has 0 atom stereocenters. The fraction of sp³-hybridized carbons (Fsp3) is 0.429. The highest BCUT2D eigenvalue weighted by molar-refractivity contribution is 5.65. The first-order valence-electron chi connectivity index (χ1n) is 11.5. The molecular formula is C28H34F2. The van der Waals surface area contributed by atoms with Gasteiger partial charge in [0.05, 0.1) is 0 Å². The molecule has 0 amide bonds. The molecular weight excluding hydrogens is 374 g/mol. The Balaban J connectivity index is 1.56. The van der Waals surface area contributed by atoms with Gasteiger partial charge in [-0.1, -0.05) is 74.0 Å². The lowest BCUT2D eigenvalue weighted by molar-refractivity contribution is 0.356. The Morgan fingerprint density at radius 2 is 1.50 bits per heavy atom. The number of hydrogen-bond acceptors (Lipinski definition) is 0. The Labute approximate surface area is 180 Å². The quantitative estimate of drug-likeness (QED) is 0.384. The molecule has 0 saturated heterocycles. The SMILES string of the molecule is C/C=C/C1CCC(/C=C/CCc2ccc(-c3ccc(CCC)cc3)c(F)c2F)CC1. The minimum Gasteiger partial charge on any atom is -0.203 e. The summed E-state index contributed by atoms with van der Waals surface area (Å²) in [6.45, 7) is 4.22. The monoisotopic (exact) mass is 408 g/mol. The average molecular weight is 409 g/mol. The third-order valence-electron chi connectivity index (χ3n) is 6.24. The molecule has 1 aliphatic rings. The van der Waals surface area contributed by atoms with E-state index in [1.54, 1.807) is 12.1 Å². The van der Waals surface area contributed by atoms with Crippen molar-refractivity contribution in [2.45, 2.75) is 65.2 Å². The Hall–Kier alpha value is -2.22. The molecule has 3 rings (SSSR count). The summed E-state index contributed by atoms with van der Waals surface area (Å²) in [6.07, 6.45) is 17.2. The van der Waals surface area contributed by atoms with Gasteiger partial charge >= 0.3 is 0 Å². The van der Waals surface area contributed by atoms with Crippen LogP contribution >= 0.6 is 0 Å². The van der Waals surface area contributed by atoms with Crippen LogP contribution in [-0.2, 0) is 12.8 Å². The lowest BCUT2D eigenvalue weighted by Gasteiger charge is -2.24. The van der Waals surface area contributed by atoms with Gasteiger partial charge in [-0.2, -0.15) is 0 Å². The number of rotatable bonds is 8. The fourth-order valence-electron chi connectivity index (χ4n) is 4.47. The topological polar surface area (TPSA) is 0 Å². The van der Waals surface area contributed by atoms with Gasteiger partial charge in [-0.05, 0) is 80.4 Å². The van der Waals surface area contributed by atoms with Crippen molar-refractivity contribution in [3.63, 3.8) is 0 Å². The normalized spacial score (nSPS) is 19.7. The van der Waals surface area contributed by atoms with E-state index in [9.17, 15) is 8.78 Å². The molecule has 1 aliphatic carbocycles. The zero-order chi connectivity index (χ0) is 21.3. The molecule has 0 N–H and O–H groups in total. The van der Waals surface area contributed by atoms with Crippen molar-refractivity contribution < 1.29 is 8.78 Å². The number of allylic oxidation sites excluding steroid dienone is 4. The van der Waals surface area contributed by atoms with Gasteiger partial charge in [0.2, 0.25) is 0 Å². The molecule has 0 nitrogen and oxygen atoms in total. The van der Waals surface area contributed by atoms with E-state index in [1.807, 2.05) is 24.3 Å². The van der Waals surface area contributed by atoms with Crippen molar-refractivity contribution in [2.24, 2.45) is 11.8 Å². The van der Waals surface area contributed by atoms with Crippen molar-refractivity contribution in [1.82, 2.24) is 0 Å². The molecule has 0 aromatic heterocycles. The minimum atomic E-state index is -0.734. The molecule has 2 aromatic carbocycles. The molecule has 1 fully saturated rings. The first-order valence-corrected chi connectivity index (χ1v) is 11.5. The van der Waals surface area contributed by atoms with E-state index >= 15 is 0 Å². The Morgan fingerprint density at radius 1 is 0.833 bits per heavy atom. The van der Waals surface area contributed by atoms with Crippen LogP contribution in [0.2, 0.25) is 0 Å². The minimum absolute atomic E-state index is 0.340. The number of halogens is 2. The second-order valence-corrected chi connectivity index (χ2v) is 8.51. The maximum absolute atomic E-state index is 14.7. The van der Waals surface area contributed by atoms with Gasteiger partial charge in [0.1, 0.15) is 0 Å². The highest BCUT2D eigenvalue weighted by Crippen LogP contribution is 2.31. The van der Waals surface area contributed by atoms with Gasteiger partial charge in [-0.25, -0.2) is 8.78 Å². The van der Waals surface area contributed by atoms with Crippen LogP contribution in [0.5, 0.6) is 0 Å². The van der Waals surface area contributed by atoms with Gasteiger partial charge in [-0.15, -0.1) is 0 Å². The van der Waals surface area contributed by atoms with E-state index in [2.05, 4.69) is 38.2 Å². The first kappa shape index (κ1) is 22.5. The van der Waals surface area contributed by atoms with Crippen LogP contribution in [0.3, 0.4) is 0 Å². The molecule has 0 heterocycles.